The van der Waals surface area contributed by atoms with Gasteiger partial charge in [0, 0.05) is 6.92 Å². The van der Waals surface area contributed by atoms with Gasteiger partial charge in [0.25, 0.3) is 5.97 Å². The molecule has 2 aliphatic rings. The largest absolute Gasteiger partial charge is 0.482 e. The molecule has 26 heavy (non-hydrogen) atoms. The number of para-hydroxylation sites is 1. The molecule has 1 aromatic rings. The second-order valence-electron chi connectivity index (χ2n) is 7.64. The van der Waals surface area contributed by atoms with E-state index in [-0.39, 0.29) is 18.1 Å². The van der Waals surface area contributed by atoms with Crippen LogP contribution in [0.4, 0.5) is 0 Å². The number of ether oxygens (including phenoxy) is 1. The van der Waals surface area contributed by atoms with Crippen molar-refractivity contribution in [3.8, 4) is 5.75 Å². The Hall–Kier alpha value is -2.08. The quantitative estimate of drug-likeness (QED) is 0.757. The third-order valence-corrected chi connectivity index (χ3v) is 5.85. The van der Waals surface area contributed by atoms with Crippen molar-refractivity contribution in [2.45, 2.75) is 53.1 Å². The normalized spacial score (nSPS) is 27.4. The van der Waals surface area contributed by atoms with Crippen LogP contribution >= 0.6 is 0 Å². The molecule has 2 fully saturated rings. The summed E-state index contributed by atoms with van der Waals surface area (Å²) >= 11 is 0. The van der Waals surface area contributed by atoms with Crippen molar-refractivity contribution in [1.82, 2.24) is 0 Å². The van der Waals surface area contributed by atoms with E-state index in [1.807, 2.05) is 6.07 Å². The zero-order valence-electron chi connectivity index (χ0n) is 15.9. The fraction of sp³-hybridized carbons (Fsp3) is 0.600. The SMILES string of the molecule is CC(=O)O.CC1(C)C2CCC1(C)C(O)C2.O=C(O)COc1ccccc1. The molecule has 6 heteroatoms. The molecule has 0 heterocycles. The van der Waals surface area contributed by atoms with Gasteiger partial charge in [-0.2, -0.15) is 0 Å². The molecule has 2 saturated carbocycles. The lowest BCUT2D eigenvalue weighted by Crippen LogP contribution is -2.35. The molecular weight excluding hydrogens is 336 g/mol. The maximum Gasteiger partial charge on any atom is 0.341 e. The van der Waals surface area contributed by atoms with Crippen LogP contribution in [0.3, 0.4) is 0 Å². The van der Waals surface area contributed by atoms with Gasteiger partial charge in [-0.15, -0.1) is 0 Å². The summed E-state index contributed by atoms with van der Waals surface area (Å²) in [5, 5.41) is 25.5. The van der Waals surface area contributed by atoms with Crippen molar-refractivity contribution in [3.63, 3.8) is 0 Å². The molecule has 3 rings (SSSR count). The number of aliphatic hydroxyl groups is 1. The summed E-state index contributed by atoms with van der Waals surface area (Å²) in [5.74, 6) is -0.439. The van der Waals surface area contributed by atoms with Gasteiger partial charge in [0.1, 0.15) is 5.75 Å². The number of carboxylic acids is 2. The summed E-state index contributed by atoms with van der Waals surface area (Å²) in [7, 11) is 0. The smallest absolute Gasteiger partial charge is 0.341 e. The Balaban J connectivity index is 0.000000217. The molecular formula is C20H30O6. The first-order chi connectivity index (χ1) is 12.0. The van der Waals surface area contributed by atoms with E-state index < -0.39 is 11.9 Å². The van der Waals surface area contributed by atoms with E-state index in [1.54, 1.807) is 24.3 Å². The van der Waals surface area contributed by atoms with Gasteiger partial charge < -0.3 is 20.1 Å². The van der Waals surface area contributed by atoms with Crippen LogP contribution in [-0.2, 0) is 9.59 Å². The van der Waals surface area contributed by atoms with E-state index >= 15 is 0 Å². The van der Waals surface area contributed by atoms with Crippen LogP contribution in [-0.4, -0.2) is 40.0 Å². The fourth-order valence-corrected chi connectivity index (χ4v) is 3.82. The summed E-state index contributed by atoms with van der Waals surface area (Å²) < 4.78 is 4.87. The highest BCUT2D eigenvalue weighted by atomic mass is 16.5. The van der Waals surface area contributed by atoms with Gasteiger partial charge >= 0.3 is 5.97 Å². The molecule has 1 aromatic carbocycles. The van der Waals surface area contributed by atoms with E-state index in [9.17, 15) is 9.90 Å². The third kappa shape index (κ3) is 5.46. The highest BCUT2D eigenvalue weighted by Gasteiger charge is 2.60. The maximum atomic E-state index is 10.0. The number of fused-ring (bicyclic) bond motifs is 2. The monoisotopic (exact) mass is 366 g/mol. The molecule has 3 atom stereocenters. The number of rotatable bonds is 3. The molecule has 0 spiro atoms. The second kappa shape index (κ2) is 9.03. The molecule has 0 aromatic heterocycles. The van der Waals surface area contributed by atoms with E-state index in [4.69, 9.17) is 19.7 Å². The summed E-state index contributed by atoms with van der Waals surface area (Å²) in [6.45, 7) is 7.69. The van der Waals surface area contributed by atoms with Crippen molar-refractivity contribution in [2.75, 3.05) is 6.61 Å². The van der Waals surface area contributed by atoms with E-state index in [2.05, 4.69) is 20.8 Å². The number of benzene rings is 1. The third-order valence-electron chi connectivity index (χ3n) is 5.85. The molecule has 3 N–H and O–H groups in total. The lowest BCUT2D eigenvalue weighted by molar-refractivity contribution is -0.139. The second-order valence-corrected chi connectivity index (χ2v) is 7.64. The zero-order valence-corrected chi connectivity index (χ0v) is 15.9. The number of aliphatic carboxylic acids is 2. The van der Waals surface area contributed by atoms with Gasteiger partial charge in [-0.1, -0.05) is 39.0 Å². The van der Waals surface area contributed by atoms with Gasteiger partial charge in [0.05, 0.1) is 6.10 Å². The van der Waals surface area contributed by atoms with Crippen molar-refractivity contribution < 1.29 is 29.6 Å². The highest BCUT2D eigenvalue weighted by molar-refractivity contribution is 5.68. The fourth-order valence-electron chi connectivity index (χ4n) is 3.82. The molecule has 3 unspecified atom stereocenters. The highest BCUT2D eigenvalue weighted by Crippen LogP contribution is 2.65. The molecule has 0 radical (unpaired) electrons. The van der Waals surface area contributed by atoms with Gasteiger partial charge in [0.2, 0.25) is 0 Å². The average molecular weight is 366 g/mol. The summed E-state index contributed by atoms with van der Waals surface area (Å²) in [6, 6.07) is 8.84. The van der Waals surface area contributed by atoms with Crippen LogP contribution in [0.25, 0.3) is 0 Å². The van der Waals surface area contributed by atoms with Gasteiger partial charge in [0.15, 0.2) is 6.61 Å². The maximum absolute atomic E-state index is 10.0. The first-order valence-electron chi connectivity index (χ1n) is 8.78. The Bertz CT molecular complexity index is 594. The number of hydrogen-bond donors (Lipinski definition) is 3. The minimum Gasteiger partial charge on any atom is -0.482 e. The number of aliphatic hydroxyl groups excluding tert-OH is 1. The molecule has 2 aliphatic carbocycles. The van der Waals surface area contributed by atoms with E-state index in [0.29, 0.717) is 11.2 Å². The molecule has 0 amide bonds. The Morgan fingerprint density at radius 1 is 1.15 bits per heavy atom. The van der Waals surface area contributed by atoms with E-state index in [0.717, 1.165) is 19.3 Å². The Kier molecular flexibility index (Phi) is 7.63. The number of carbonyl (C=O) groups is 2. The van der Waals surface area contributed by atoms with Crippen LogP contribution in [0.5, 0.6) is 5.75 Å². The Morgan fingerprint density at radius 3 is 2.00 bits per heavy atom. The molecule has 2 bridgehead atoms. The number of carboxylic acid groups (broad SMARTS) is 2. The summed E-state index contributed by atoms with van der Waals surface area (Å²) in [6.07, 6.45) is 3.58. The summed E-state index contributed by atoms with van der Waals surface area (Å²) in [4.78, 5) is 19.0. The minimum absolute atomic E-state index is 0.0313. The molecule has 0 aliphatic heterocycles. The number of hydrogen-bond acceptors (Lipinski definition) is 4. The Morgan fingerprint density at radius 2 is 1.69 bits per heavy atom. The topological polar surface area (TPSA) is 104 Å². The summed E-state index contributed by atoms with van der Waals surface area (Å²) in [5.41, 5.74) is 0.601. The van der Waals surface area contributed by atoms with Crippen LogP contribution in [0.2, 0.25) is 0 Å². The lowest BCUT2D eigenvalue weighted by atomic mass is 9.70. The van der Waals surface area contributed by atoms with Crippen molar-refractivity contribution >= 4 is 11.9 Å². The molecule has 146 valence electrons. The Labute approximate surface area is 154 Å². The molecule has 6 nitrogen and oxygen atoms in total. The van der Waals surface area contributed by atoms with Crippen LogP contribution in [0.1, 0.15) is 47.0 Å². The lowest BCUT2D eigenvalue weighted by Gasteiger charge is -2.36. The van der Waals surface area contributed by atoms with Crippen molar-refractivity contribution in [3.05, 3.63) is 30.3 Å². The minimum atomic E-state index is -0.964. The predicted molar refractivity (Wildman–Crippen MR) is 98.1 cm³/mol. The molecule has 0 saturated heterocycles. The van der Waals surface area contributed by atoms with Gasteiger partial charge in [-0.25, -0.2) is 4.79 Å². The van der Waals surface area contributed by atoms with Crippen LogP contribution in [0, 0.1) is 16.7 Å². The zero-order chi connectivity index (χ0) is 20.0. The van der Waals surface area contributed by atoms with Crippen LogP contribution < -0.4 is 4.74 Å². The van der Waals surface area contributed by atoms with Crippen molar-refractivity contribution in [1.29, 1.82) is 0 Å². The van der Waals surface area contributed by atoms with Crippen molar-refractivity contribution in [2.24, 2.45) is 16.7 Å². The van der Waals surface area contributed by atoms with Gasteiger partial charge in [-0.05, 0) is 48.1 Å². The predicted octanol–water partition coefficient (Wildman–Crippen LogP) is 3.43. The van der Waals surface area contributed by atoms with E-state index in [1.165, 1.54) is 12.8 Å². The van der Waals surface area contributed by atoms with Gasteiger partial charge in [-0.3, -0.25) is 4.79 Å². The average Bonchev–Trinajstić information content (AvgIpc) is 2.87. The first-order valence-corrected chi connectivity index (χ1v) is 8.78. The van der Waals surface area contributed by atoms with Crippen LogP contribution in [0.15, 0.2) is 30.3 Å². The standard InChI is InChI=1S/C10H18O.C8H8O3.C2H4O2/c1-9(2)7-4-5-10(9,3)8(11)6-7;9-8(10)6-11-7-4-2-1-3-5-7;1-2(3)4/h7-8,11H,4-6H2,1-3H3;1-5H,6H2,(H,9,10);1H3,(H,3,4). The first kappa shape index (κ1) is 22.0.